The highest BCUT2D eigenvalue weighted by Crippen LogP contribution is 2.24. The Hall–Kier alpha value is -3.14. The van der Waals surface area contributed by atoms with E-state index in [9.17, 15) is 19.2 Å². The molecule has 0 saturated heterocycles. The van der Waals surface area contributed by atoms with Gasteiger partial charge in [-0.1, -0.05) is 18.1 Å². The first-order chi connectivity index (χ1) is 11.0. The zero-order valence-electron chi connectivity index (χ0n) is 12.4. The fourth-order valence-corrected chi connectivity index (χ4v) is 2.12. The first kappa shape index (κ1) is 16.2. The molecule has 1 N–H and O–H groups in total. The van der Waals surface area contributed by atoms with Crippen molar-refractivity contribution >= 4 is 23.7 Å². The average Bonchev–Trinajstić information content (AvgIpc) is 2.81. The third kappa shape index (κ3) is 3.21. The molecule has 1 aromatic rings. The second kappa shape index (κ2) is 6.75. The highest BCUT2D eigenvalue weighted by Gasteiger charge is 2.41. The van der Waals surface area contributed by atoms with E-state index in [2.05, 4.69) is 11.2 Å². The average molecular weight is 314 g/mol. The Bertz CT molecular complexity index is 684. The number of terminal acetylenes is 1. The molecule has 0 unspecified atom stereocenters. The zero-order chi connectivity index (χ0) is 17.0. The summed E-state index contributed by atoms with van der Waals surface area (Å²) in [4.78, 5) is 48.6. The van der Waals surface area contributed by atoms with Gasteiger partial charge >= 0.3 is 5.97 Å². The molecule has 1 aliphatic rings. The first-order valence-electron chi connectivity index (χ1n) is 6.81. The van der Waals surface area contributed by atoms with Crippen LogP contribution in [0.15, 0.2) is 24.3 Å². The number of esters is 1. The van der Waals surface area contributed by atoms with Gasteiger partial charge in [0.1, 0.15) is 6.04 Å². The van der Waals surface area contributed by atoms with Crippen LogP contribution < -0.4 is 5.32 Å². The molecule has 118 valence electrons. The number of nitrogens with zero attached hydrogens (tertiary/aromatic N) is 1. The molecule has 23 heavy (non-hydrogen) atoms. The summed E-state index contributed by atoms with van der Waals surface area (Å²) < 4.78 is 4.80. The number of ether oxygens (including phenoxy) is 1. The maximum absolute atomic E-state index is 12.2. The Labute approximate surface area is 132 Å². The third-order valence-corrected chi connectivity index (χ3v) is 3.29. The minimum Gasteiger partial charge on any atom is -0.454 e. The predicted molar refractivity (Wildman–Crippen MR) is 79.2 cm³/mol. The maximum Gasteiger partial charge on any atom is 0.329 e. The standard InChI is InChI=1S/C16H14N2O5/c1-3-8-17-13(19)9-23-16(22)10(2)18-14(20)11-6-4-5-7-12(11)15(18)21/h1,4-7,10H,8-9H2,2H3,(H,17,19)/t10-/m0/s1. The molecule has 2 rings (SSSR count). The molecule has 0 bridgehead atoms. The van der Waals surface area contributed by atoms with Crippen LogP contribution in [0.5, 0.6) is 0 Å². The monoisotopic (exact) mass is 314 g/mol. The molecular formula is C16H14N2O5. The molecule has 3 amide bonds. The number of hydrogen-bond acceptors (Lipinski definition) is 5. The number of imide groups is 1. The number of hydrogen-bond donors (Lipinski definition) is 1. The van der Waals surface area contributed by atoms with Gasteiger partial charge in [-0.15, -0.1) is 6.42 Å². The summed E-state index contributed by atoms with van der Waals surface area (Å²) in [6, 6.07) is 5.16. The quantitative estimate of drug-likeness (QED) is 0.468. The van der Waals surface area contributed by atoms with Crippen LogP contribution in [0.3, 0.4) is 0 Å². The van der Waals surface area contributed by atoms with Crippen molar-refractivity contribution in [1.29, 1.82) is 0 Å². The Balaban J connectivity index is 2.01. The Kier molecular flexibility index (Phi) is 4.76. The summed E-state index contributed by atoms with van der Waals surface area (Å²) in [6.45, 7) is 0.849. The molecule has 1 aromatic carbocycles. The SMILES string of the molecule is C#CCNC(=O)COC(=O)[C@H](C)N1C(=O)c2ccccc2C1=O. The van der Waals surface area contributed by atoms with Gasteiger partial charge in [0.2, 0.25) is 0 Å². The van der Waals surface area contributed by atoms with E-state index in [0.717, 1.165) is 4.90 Å². The van der Waals surface area contributed by atoms with Gasteiger partial charge in [-0.2, -0.15) is 0 Å². The summed E-state index contributed by atoms with van der Waals surface area (Å²) in [6.07, 6.45) is 4.98. The normalized spacial score (nSPS) is 14.0. The van der Waals surface area contributed by atoms with Crippen LogP contribution in [0, 0.1) is 12.3 Å². The van der Waals surface area contributed by atoms with Crippen LogP contribution in [-0.2, 0) is 14.3 Å². The van der Waals surface area contributed by atoms with E-state index in [1.807, 2.05) is 0 Å². The summed E-state index contributed by atoms with van der Waals surface area (Å²) in [5, 5.41) is 2.33. The van der Waals surface area contributed by atoms with Crippen molar-refractivity contribution in [3.05, 3.63) is 35.4 Å². The third-order valence-electron chi connectivity index (χ3n) is 3.29. The lowest BCUT2D eigenvalue weighted by molar-refractivity contribution is -0.151. The Morgan fingerprint density at radius 1 is 1.26 bits per heavy atom. The largest absolute Gasteiger partial charge is 0.454 e. The molecule has 1 aliphatic heterocycles. The van der Waals surface area contributed by atoms with Gasteiger partial charge in [0.15, 0.2) is 6.61 Å². The summed E-state index contributed by atoms with van der Waals surface area (Å²) >= 11 is 0. The van der Waals surface area contributed by atoms with E-state index in [1.165, 1.54) is 19.1 Å². The molecule has 1 heterocycles. The van der Waals surface area contributed by atoms with E-state index < -0.39 is 36.3 Å². The van der Waals surface area contributed by atoms with E-state index in [0.29, 0.717) is 0 Å². The number of amides is 3. The van der Waals surface area contributed by atoms with Crippen LogP contribution in [0.1, 0.15) is 27.6 Å². The van der Waals surface area contributed by atoms with Gasteiger partial charge in [-0.25, -0.2) is 4.79 Å². The maximum atomic E-state index is 12.2. The smallest absolute Gasteiger partial charge is 0.329 e. The minimum absolute atomic E-state index is 0.0182. The molecule has 0 aliphatic carbocycles. The highest BCUT2D eigenvalue weighted by molar-refractivity contribution is 6.22. The fourth-order valence-electron chi connectivity index (χ4n) is 2.12. The van der Waals surface area contributed by atoms with Gasteiger partial charge < -0.3 is 10.1 Å². The van der Waals surface area contributed by atoms with Crippen molar-refractivity contribution in [3.8, 4) is 12.3 Å². The molecule has 0 spiro atoms. The first-order valence-corrected chi connectivity index (χ1v) is 6.81. The molecule has 0 aromatic heterocycles. The molecule has 7 heteroatoms. The van der Waals surface area contributed by atoms with Gasteiger partial charge in [0, 0.05) is 0 Å². The minimum atomic E-state index is -1.14. The van der Waals surface area contributed by atoms with Crippen molar-refractivity contribution < 1.29 is 23.9 Å². The number of benzene rings is 1. The van der Waals surface area contributed by atoms with Crippen molar-refractivity contribution in [3.63, 3.8) is 0 Å². The lowest BCUT2D eigenvalue weighted by Gasteiger charge is -2.20. The van der Waals surface area contributed by atoms with Crippen molar-refractivity contribution in [2.45, 2.75) is 13.0 Å². The molecule has 1 atom stereocenters. The van der Waals surface area contributed by atoms with Crippen LogP contribution in [0.25, 0.3) is 0 Å². The molecule has 0 radical (unpaired) electrons. The van der Waals surface area contributed by atoms with Crippen molar-refractivity contribution in [2.24, 2.45) is 0 Å². The lowest BCUT2D eigenvalue weighted by atomic mass is 10.1. The summed E-state index contributed by atoms with van der Waals surface area (Å²) in [5.41, 5.74) is 0.479. The van der Waals surface area contributed by atoms with E-state index in [-0.39, 0.29) is 17.7 Å². The molecule has 0 fully saturated rings. The van der Waals surface area contributed by atoms with Crippen LogP contribution in [0.4, 0.5) is 0 Å². The Morgan fingerprint density at radius 3 is 2.35 bits per heavy atom. The zero-order valence-corrected chi connectivity index (χ0v) is 12.4. The van der Waals surface area contributed by atoms with Gasteiger partial charge in [-0.3, -0.25) is 19.3 Å². The van der Waals surface area contributed by atoms with E-state index >= 15 is 0 Å². The molecule has 0 saturated carbocycles. The summed E-state index contributed by atoms with van der Waals surface area (Å²) in [5.74, 6) is -0.336. The van der Waals surface area contributed by atoms with Crippen LogP contribution in [-0.4, -0.2) is 47.8 Å². The van der Waals surface area contributed by atoms with E-state index in [1.54, 1.807) is 12.1 Å². The van der Waals surface area contributed by atoms with Gasteiger partial charge in [0.25, 0.3) is 17.7 Å². The molecule has 7 nitrogen and oxygen atoms in total. The molecular weight excluding hydrogens is 300 g/mol. The second-order valence-electron chi connectivity index (χ2n) is 4.79. The second-order valence-corrected chi connectivity index (χ2v) is 4.79. The van der Waals surface area contributed by atoms with Crippen LogP contribution >= 0.6 is 0 Å². The Morgan fingerprint density at radius 2 is 1.83 bits per heavy atom. The number of carbonyl (C=O) groups is 4. The highest BCUT2D eigenvalue weighted by atomic mass is 16.5. The number of nitrogens with one attached hydrogen (secondary N) is 1. The number of rotatable bonds is 5. The predicted octanol–water partition coefficient (Wildman–Crippen LogP) is -0.0363. The van der Waals surface area contributed by atoms with Crippen LogP contribution in [0.2, 0.25) is 0 Å². The van der Waals surface area contributed by atoms with Gasteiger partial charge in [0.05, 0.1) is 17.7 Å². The number of carbonyl (C=O) groups excluding carboxylic acids is 4. The fraction of sp³-hybridized carbons (Fsp3) is 0.250. The van der Waals surface area contributed by atoms with Gasteiger partial charge in [-0.05, 0) is 19.1 Å². The van der Waals surface area contributed by atoms with E-state index in [4.69, 9.17) is 11.2 Å². The topological polar surface area (TPSA) is 92.8 Å². The van der Waals surface area contributed by atoms with Crippen molar-refractivity contribution in [1.82, 2.24) is 10.2 Å². The lowest BCUT2D eigenvalue weighted by Crippen LogP contribution is -2.44. The summed E-state index contributed by atoms with van der Waals surface area (Å²) in [7, 11) is 0. The van der Waals surface area contributed by atoms with Crippen molar-refractivity contribution in [2.75, 3.05) is 13.2 Å². The number of fused-ring (bicyclic) bond motifs is 1.